The first-order valence-corrected chi connectivity index (χ1v) is 8.70. The first-order chi connectivity index (χ1) is 9.44. The summed E-state index contributed by atoms with van der Waals surface area (Å²) in [4.78, 5) is 4.29. The molecule has 0 saturated carbocycles. The zero-order chi connectivity index (χ0) is 14.6. The predicted molar refractivity (Wildman–Crippen MR) is 82.0 cm³/mol. The van der Waals surface area contributed by atoms with Crippen LogP contribution in [0.25, 0.3) is 0 Å². The molecule has 0 aliphatic heterocycles. The van der Waals surface area contributed by atoms with Gasteiger partial charge in [0.05, 0.1) is 10.8 Å². The molecule has 0 aliphatic carbocycles. The van der Waals surface area contributed by atoms with Gasteiger partial charge in [-0.1, -0.05) is 12.1 Å². The van der Waals surface area contributed by atoms with Gasteiger partial charge in [-0.3, -0.25) is 0 Å². The molecule has 2 aromatic rings. The van der Waals surface area contributed by atoms with E-state index in [2.05, 4.69) is 9.71 Å². The van der Waals surface area contributed by atoms with E-state index in [1.807, 2.05) is 12.3 Å². The number of aryl methyl sites for hydroxylation is 1. The van der Waals surface area contributed by atoms with E-state index in [4.69, 9.17) is 5.73 Å². The van der Waals surface area contributed by atoms with Crippen LogP contribution in [0.4, 0.5) is 5.69 Å². The highest BCUT2D eigenvalue weighted by Gasteiger charge is 2.11. The van der Waals surface area contributed by atoms with Crippen molar-refractivity contribution in [2.75, 3.05) is 12.3 Å². The number of anilines is 1. The molecule has 0 fully saturated rings. The Bertz CT molecular complexity index is 680. The largest absolute Gasteiger partial charge is 0.399 e. The van der Waals surface area contributed by atoms with Crippen molar-refractivity contribution >= 4 is 27.0 Å². The van der Waals surface area contributed by atoms with Gasteiger partial charge in [-0.15, -0.1) is 11.3 Å². The maximum Gasteiger partial charge on any atom is 0.215 e. The maximum absolute atomic E-state index is 11.9. The number of nitrogens with two attached hydrogens (primary N) is 1. The second-order valence-corrected chi connectivity index (χ2v) is 7.28. The number of hydrogen-bond donors (Lipinski definition) is 2. The highest BCUT2D eigenvalue weighted by Crippen LogP contribution is 2.11. The van der Waals surface area contributed by atoms with Gasteiger partial charge in [0.25, 0.3) is 0 Å². The number of thiazole rings is 1. The van der Waals surface area contributed by atoms with Gasteiger partial charge in [0, 0.05) is 29.7 Å². The van der Waals surface area contributed by atoms with Crippen molar-refractivity contribution in [2.45, 2.75) is 19.1 Å². The van der Waals surface area contributed by atoms with Gasteiger partial charge in [0.1, 0.15) is 0 Å². The molecule has 1 heterocycles. The van der Waals surface area contributed by atoms with E-state index < -0.39 is 10.0 Å². The summed E-state index contributed by atoms with van der Waals surface area (Å²) >= 11 is 1.54. The number of sulfonamides is 1. The van der Waals surface area contributed by atoms with Crippen molar-refractivity contribution < 1.29 is 8.42 Å². The standard InChI is InChI=1S/C13H17N3O2S2/c1-10-8-19-13(16-10)5-6-15-20(17,18)9-11-3-2-4-12(14)7-11/h2-4,7-8,15H,5-6,9,14H2,1H3. The SMILES string of the molecule is Cc1csc(CCNS(=O)(=O)Cc2cccc(N)c2)n1. The van der Waals surface area contributed by atoms with Gasteiger partial charge in [-0.2, -0.15) is 0 Å². The normalized spacial score (nSPS) is 11.7. The van der Waals surface area contributed by atoms with Crippen molar-refractivity contribution in [3.63, 3.8) is 0 Å². The van der Waals surface area contributed by atoms with Crippen LogP contribution < -0.4 is 10.5 Å². The smallest absolute Gasteiger partial charge is 0.215 e. The quantitative estimate of drug-likeness (QED) is 0.795. The fourth-order valence-corrected chi connectivity index (χ4v) is 3.69. The first-order valence-electron chi connectivity index (χ1n) is 6.17. The highest BCUT2D eigenvalue weighted by atomic mass is 32.2. The number of rotatable bonds is 6. The summed E-state index contributed by atoms with van der Waals surface area (Å²) in [6, 6.07) is 6.90. The molecular weight excluding hydrogens is 294 g/mol. The lowest BCUT2D eigenvalue weighted by Gasteiger charge is -2.06. The summed E-state index contributed by atoms with van der Waals surface area (Å²) < 4.78 is 26.5. The Kier molecular flexibility index (Phi) is 4.74. The molecule has 20 heavy (non-hydrogen) atoms. The third kappa shape index (κ3) is 4.59. The summed E-state index contributed by atoms with van der Waals surface area (Å²) in [5.74, 6) is -0.0606. The van der Waals surface area contributed by atoms with Crippen LogP contribution in [-0.4, -0.2) is 19.9 Å². The summed E-state index contributed by atoms with van der Waals surface area (Å²) in [5, 5.41) is 2.89. The van der Waals surface area contributed by atoms with Gasteiger partial charge in [0.15, 0.2) is 0 Å². The average Bonchev–Trinajstić information content (AvgIpc) is 2.74. The van der Waals surface area contributed by atoms with Gasteiger partial charge < -0.3 is 5.73 Å². The second-order valence-electron chi connectivity index (χ2n) is 4.53. The molecular formula is C13H17N3O2S2. The number of nitrogens with zero attached hydrogens (tertiary/aromatic N) is 1. The number of nitrogen functional groups attached to an aromatic ring is 1. The molecule has 3 N–H and O–H groups in total. The highest BCUT2D eigenvalue weighted by molar-refractivity contribution is 7.88. The molecule has 0 radical (unpaired) electrons. The molecule has 0 amide bonds. The molecule has 5 nitrogen and oxygen atoms in total. The van der Waals surface area contributed by atoms with Crippen LogP contribution in [-0.2, 0) is 22.2 Å². The molecule has 7 heteroatoms. The summed E-state index contributed by atoms with van der Waals surface area (Å²) in [5.41, 5.74) is 7.85. The van der Waals surface area contributed by atoms with Gasteiger partial charge in [-0.25, -0.2) is 18.1 Å². The molecule has 1 aromatic carbocycles. The monoisotopic (exact) mass is 311 g/mol. The minimum Gasteiger partial charge on any atom is -0.399 e. The lowest BCUT2D eigenvalue weighted by molar-refractivity contribution is 0.580. The van der Waals surface area contributed by atoms with E-state index in [1.165, 1.54) is 0 Å². The Morgan fingerprint density at radius 3 is 2.85 bits per heavy atom. The van der Waals surface area contributed by atoms with E-state index in [1.54, 1.807) is 35.6 Å². The molecule has 2 rings (SSSR count). The first kappa shape index (κ1) is 15.0. The van der Waals surface area contributed by atoms with Crippen LogP contribution in [0.5, 0.6) is 0 Å². The van der Waals surface area contributed by atoms with E-state index in [9.17, 15) is 8.42 Å². The number of nitrogens with one attached hydrogen (secondary N) is 1. The predicted octanol–water partition coefficient (Wildman–Crippen LogP) is 1.70. The summed E-state index contributed by atoms with van der Waals surface area (Å²) in [7, 11) is -3.34. The van der Waals surface area contributed by atoms with E-state index in [-0.39, 0.29) is 5.75 Å². The summed E-state index contributed by atoms with van der Waals surface area (Å²) in [6.07, 6.45) is 0.606. The Hall–Kier alpha value is -1.44. The number of hydrogen-bond acceptors (Lipinski definition) is 5. The van der Waals surface area contributed by atoms with Crippen molar-refractivity contribution in [1.82, 2.24) is 9.71 Å². The van der Waals surface area contributed by atoms with E-state index >= 15 is 0 Å². The van der Waals surface area contributed by atoms with Gasteiger partial charge in [0.2, 0.25) is 10.0 Å². The Morgan fingerprint density at radius 2 is 2.20 bits per heavy atom. The van der Waals surface area contributed by atoms with E-state index in [0.717, 1.165) is 10.7 Å². The molecule has 108 valence electrons. The number of aromatic nitrogens is 1. The molecule has 0 aliphatic rings. The molecule has 0 spiro atoms. The van der Waals surface area contributed by atoms with Gasteiger partial charge in [-0.05, 0) is 24.6 Å². The van der Waals surface area contributed by atoms with Crippen LogP contribution in [0.2, 0.25) is 0 Å². The Balaban J connectivity index is 1.88. The lowest BCUT2D eigenvalue weighted by Crippen LogP contribution is -2.27. The fourth-order valence-electron chi connectivity index (χ4n) is 1.78. The zero-order valence-electron chi connectivity index (χ0n) is 11.2. The van der Waals surface area contributed by atoms with Gasteiger partial charge >= 0.3 is 0 Å². The van der Waals surface area contributed by atoms with E-state index in [0.29, 0.717) is 24.2 Å². The van der Waals surface area contributed by atoms with Crippen molar-refractivity contribution in [3.05, 3.63) is 45.9 Å². The molecule has 0 saturated heterocycles. The van der Waals surface area contributed by atoms with Crippen LogP contribution >= 0.6 is 11.3 Å². The Morgan fingerprint density at radius 1 is 1.40 bits per heavy atom. The minimum absolute atomic E-state index is 0.0606. The third-order valence-electron chi connectivity index (χ3n) is 2.64. The zero-order valence-corrected chi connectivity index (χ0v) is 12.8. The third-order valence-corrected chi connectivity index (χ3v) is 5.02. The van der Waals surface area contributed by atoms with Crippen LogP contribution in [0.3, 0.4) is 0 Å². The Labute approximate surface area is 122 Å². The van der Waals surface area contributed by atoms with Crippen molar-refractivity contribution in [2.24, 2.45) is 0 Å². The van der Waals surface area contributed by atoms with Crippen LogP contribution in [0.1, 0.15) is 16.3 Å². The maximum atomic E-state index is 11.9. The minimum atomic E-state index is -3.34. The van der Waals surface area contributed by atoms with Crippen LogP contribution in [0, 0.1) is 6.92 Å². The van der Waals surface area contributed by atoms with Crippen molar-refractivity contribution in [1.29, 1.82) is 0 Å². The molecule has 1 aromatic heterocycles. The molecule has 0 atom stereocenters. The second kappa shape index (κ2) is 6.34. The average molecular weight is 311 g/mol. The molecule has 0 unspecified atom stereocenters. The lowest BCUT2D eigenvalue weighted by atomic mass is 10.2. The fraction of sp³-hybridized carbons (Fsp3) is 0.308. The topological polar surface area (TPSA) is 85.1 Å². The summed E-state index contributed by atoms with van der Waals surface area (Å²) in [6.45, 7) is 2.28. The van der Waals surface area contributed by atoms with Crippen LogP contribution in [0.15, 0.2) is 29.6 Å². The molecule has 0 bridgehead atoms. The number of benzene rings is 1. The van der Waals surface area contributed by atoms with Crippen molar-refractivity contribution in [3.8, 4) is 0 Å².